The molecule has 0 saturated heterocycles. The molecule has 94 valence electrons. The van der Waals surface area contributed by atoms with Crippen molar-refractivity contribution in [2.24, 2.45) is 5.41 Å². The summed E-state index contributed by atoms with van der Waals surface area (Å²) in [5.41, 5.74) is 1.98. The number of rotatable bonds is 4. The summed E-state index contributed by atoms with van der Waals surface area (Å²) in [6, 6.07) is 7.19. The Labute approximate surface area is 106 Å². The lowest BCUT2D eigenvalue weighted by molar-refractivity contribution is 0.496. The van der Waals surface area contributed by atoms with E-state index < -0.39 is 0 Å². The molecular formula is C14H17N3O. The molecule has 1 aliphatic carbocycles. The van der Waals surface area contributed by atoms with Crippen LogP contribution in [0.1, 0.15) is 25.5 Å². The van der Waals surface area contributed by atoms with E-state index in [0.717, 1.165) is 12.2 Å². The van der Waals surface area contributed by atoms with Gasteiger partial charge < -0.3 is 5.32 Å². The van der Waals surface area contributed by atoms with E-state index in [1.54, 1.807) is 16.7 Å². The maximum Gasteiger partial charge on any atom is 0.258 e. The monoisotopic (exact) mass is 243 g/mol. The van der Waals surface area contributed by atoms with Gasteiger partial charge in [-0.25, -0.2) is 4.98 Å². The number of nitrogens with zero attached hydrogens (tertiary/aromatic N) is 2. The Hall–Kier alpha value is -1.68. The number of aromatic nitrogens is 2. The number of fused-ring (bicyclic) bond motifs is 1. The molecule has 2 aromatic rings. The molecule has 1 aliphatic rings. The molecule has 1 N–H and O–H groups in total. The quantitative estimate of drug-likeness (QED) is 0.887. The fraction of sp³-hybridized carbons (Fsp3) is 0.429. The van der Waals surface area contributed by atoms with Crippen molar-refractivity contribution < 1.29 is 0 Å². The van der Waals surface area contributed by atoms with E-state index in [4.69, 9.17) is 0 Å². The number of pyridine rings is 1. The molecule has 2 heterocycles. The van der Waals surface area contributed by atoms with E-state index in [9.17, 15) is 4.79 Å². The van der Waals surface area contributed by atoms with Crippen LogP contribution in [0.25, 0.3) is 5.65 Å². The van der Waals surface area contributed by atoms with E-state index in [1.165, 1.54) is 12.8 Å². The molecule has 1 saturated carbocycles. The Morgan fingerprint density at radius 3 is 3.06 bits per heavy atom. The number of hydrogen-bond donors (Lipinski definition) is 1. The van der Waals surface area contributed by atoms with E-state index in [1.807, 2.05) is 18.2 Å². The highest BCUT2D eigenvalue weighted by Gasteiger charge is 2.36. The topological polar surface area (TPSA) is 46.4 Å². The normalized spacial score (nSPS) is 16.9. The molecule has 0 aliphatic heterocycles. The lowest BCUT2D eigenvalue weighted by atomic mass is 10.1. The lowest BCUT2D eigenvalue weighted by Gasteiger charge is -2.09. The summed E-state index contributed by atoms with van der Waals surface area (Å²) in [6.45, 7) is 3.95. The van der Waals surface area contributed by atoms with Gasteiger partial charge in [0, 0.05) is 25.4 Å². The van der Waals surface area contributed by atoms with Gasteiger partial charge in [0.1, 0.15) is 5.65 Å². The van der Waals surface area contributed by atoms with Crippen LogP contribution in [0.5, 0.6) is 0 Å². The van der Waals surface area contributed by atoms with Gasteiger partial charge >= 0.3 is 0 Å². The van der Waals surface area contributed by atoms with Crippen molar-refractivity contribution in [1.82, 2.24) is 14.7 Å². The van der Waals surface area contributed by atoms with Crippen molar-refractivity contribution in [2.45, 2.75) is 26.3 Å². The number of nitrogens with one attached hydrogen (secondary N) is 1. The zero-order valence-corrected chi connectivity index (χ0v) is 10.5. The van der Waals surface area contributed by atoms with Crippen molar-refractivity contribution in [3.63, 3.8) is 0 Å². The third-order valence-corrected chi connectivity index (χ3v) is 3.59. The first-order valence-electron chi connectivity index (χ1n) is 6.34. The van der Waals surface area contributed by atoms with E-state index in [-0.39, 0.29) is 5.56 Å². The van der Waals surface area contributed by atoms with Gasteiger partial charge in [0.15, 0.2) is 0 Å². The van der Waals surface area contributed by atoms with E-state index >= 15 is 0 Å². The summed E-state index contributed by atoms with van der Waals surface area (Å²) in [4.78, 5) is 16.3. The highest BCUT2D eigenvalue weighted by atomic mass is 16.1. The van der Waals surface area contributed by atoms with Crippen molar-refractivity contribution in [2.75, 3.05) is 6.54 Å². The van der Waals surface area contributed by atoms with Crippen molar-refractivity contribution in [3.8, 4) is 0 Å². The second kappa shape index (κ2) is 4.21. The summed E-state index contributed by atoms with van der Waals surface area (Å²) in [5.74, 6) is 0. The largest absolute Gasteiger partial charge is 0.311 e. The van der Waals surface area contributed by atoms with Crippen LogP contribution in [0.2, 0.25) is 0 Å². The molecule has 0 amide bonds. The van der Waals surface area contributed by atoms with Crippen molar-refractivity contribution in [1.29, 1.82) is 0 Å². The Morgan fingerprint density at radius 1 is 1.44 bits per heavy atom. The van der Waals surface area contributed by atoms with Crippen LogP contribution in [0, 0.1) is 5.41 Å². The first-order valence-corrected chi connectivity index (χ1v) is 6.34. The Morgan fingerprint density at radius 2 is 2.28 bits per heavy atom. The number of hydrogen-bond acceptors (Lipinski definition) is 3. The minimum absolute atomic E-state index is 0.0185. The van der Waals surface area contributed by atoms with Crippen LogP contribution in [0.3, 0.4) is 0 Å². The molecular weight excluding hydrogens is 226 g/mol. The van der Waals surface area contributed by atoms with E-state index in [0.29, 0.717) is 17.6 Å². The maximum atomic E-state index is 11.9. The molecule has 0 unspecified atom stereocenters. The van der Waals surface area contributed by atoms with Crippen LogP contribution in [0.4, 0.5) is 0 Å². The molecule has 0 radical (unpaired) electrons. The van der Waals surface area contributed by atoms with Gasteiger partial charge in [-0.2, -0.15) is 0 Å². The lowest BCUT2D eigenvalue weighted by Crippen LogP contribution is -2.24. The molecule has 0 aromatic carbocycles. The molecule has 0 bridgehead atoms. The van der Waals surface area contributed by atoms with E-state index in [2.05, 4.69) is 17.2 Å². The fourth-order valence-corrected chi connectivity index (χ4v) is 2.08. The summed E-state index contributed by atoms with van der Waals surface area (Å²) >= 11 is 0. The third-order valence-electron chi connectivity index (χ3n) is 3.59. The van der Waals surface area contributed by atoms with Gasteiger partial charge in [-0.05, 0) is 30.4 Å². The standard InChI is InChI=1S/C14H17N3O/c1-14(5-6-14)10-15-9-11-8-13(18)17-7-3-2-4-12(17)16-11/h2-4,7-8,15H,5-6,9-10H2,1H3. The Balaban J connectivity index is 1.77. The molecule has 18 heavy (non-hydrogen) atoms. The van der Waals surface area contributed by atoms with Gasteiger partial charge in [0.05, 0.1) is 5.69 Å². The molecule has 1 fully saturated rings. The van der Waals surface area contributed by atoms with Crippen LogP contribution >= 0.6 is 0 Å². The van der Waals surface area contributed by atoms with Crippen LogP contribution < -0.4 is 10.9 Å². The molecule has 2 aromatic heterocycles. The summed E-state index contributed by atoms with van der Waals surface area (Å²) < 4.78 is 1.56. The minimum atomic E-state index is -0.0185. The highest BCUT2D eigenvalue weighted by Crippen LogP contribution is 2.44. The van der Waals surface area contributed by atoms with Gasteiger partial charge in [0.25, 0.3) is 5.56 Å². The molecule has 4 nitrogen and oxygen atoms in total. The van der Waals surface area contributed by atoms with Crippen molar-refractivity contribution >= 4 is 5.65 Å². The smallest absolute Gasteiger partial charge is 0.258 e. The average molecular weight is 243 g/mol. The summed E-state index contributed by atoms with van der Waals surface area (Å²) in [6.07, 6.45) is 4.34. The zero-order chi connectivity index (χ0) is 12.6. The van der Waals surface area contributed by atoms with Gasteiger partial charge in [-0.1, -0.05) is 13.0 Å². The maximum absolute atomic E-state index is 11.9. The average Bonchev–Trinajstić information content (AvgIpc) is 3.07. The third kappa shape index (κ3) is 2.29. The van der Waals surface area contributed by atoms with Crippen LogP contribution in [-0.2, 0) is 6.54 Å². The van der Waals surface area contributed by atoms with Crippen LogP contribution in [0.15, 0.2) is 35.3 Å². The molecule has 3 rings (SSSR count). The second-order valence-electron chi connectivity index (χ2n) is 5.43. The molecule has 0 spiro atoms. The van der Waals surface area contributed by atoms with Gasteiger partial charge in [-0.3, -0.25) is 9.20 Å². The molecule has 0 atom stereocenters. The zero-order valence-electron chi connectivity index (χ0n) is 10.5. The summed E-state index contributed by atoms with van der Waals surface area (Å²) in [5, 5.41) is 3.39. The fourth-order valence-electron chi connectivity index (χ4n) is 2.08. The highest BCUT2D eigenvalue weighted by molar-refractivity contribution is 5.37. The predicted molar refractivity (Wildman–Crippen MR) is 70.5 cm³/mol. The Bertz CT molecular complexity index is 628. The minimum Gasteiger partial charge on any atom is -0.311 e. The van der Waals surface area contributed by atoms with Gasteiger partial charge in [-0.15, -0.1) is 0 Å². The SMILES string of the molecule is CC1(CNCc2cc(=O)n3ccccc3n2)CC1. The predicted octanol–water partition coefficient (Wildman–Crippen LogP) is 1.58. The molecule has 4 heteroatoms. The Kier molecular flexibility index (Phi) is 2.67. The first-order chi connectivity index (χ1) is 8.66. The van der Waals surface area contributed by atoms with Crippen LogP contribution in [-0.4, -0.2) is 15.9 Å². The first kappa shape index (κ1) is 11.4. The summed E-state index contributed by atoms with van der Waals surface area (Å²) in [7, 11) is 0. The second-order valence-corrected chi connectivity index (χ2v) is 5.43. The van der Waals surface area contributed by atoms with Crippen molar-refractivity contribution in [3.05, 3.63) is 46.5 Å². The van der Waals surface area contributed by atoms with Gasteiger partial charge in [0.2, 0.25) is 0 Å².